The summed E-state index contributed by atoms with van der Waals surface area (Å²) in [6, 6.07) is 5.62. The smallest absolute Gasteiger partial charge is 0.0618 e. The Hall–Kier alpha value is -0.870. The molecule has 0 radical (unpaired) electrons. The van der Waals surface area contributed by atoms with Crippen LogP contribution in [0.4, 0.5) is 5.69 Å². The van der Waals surface area contributed by atoms with Crippen molar-refractivity contribution in [2.75, 3.05) is 24.7 Å². The molecule has 0 aromatic heterocycles. The van der Waals surface area contributed by atoms with E-state index in [1.165, 1.54) is 0 Å². The topological polar surface area (TPSA) is 52.3 Å². The van der Waals surface area contributed by atoms with E-state index in [0.29, 0.717) is 35.5 Å². The SMILES string of the molecule is Cc1ccc(S(=O)CCOCC(C)C)c(N)c1. The predicted molar refractivity (Wildman–Crippen MR) is 72.5 cm³/mol. The van der Waals surface area contributed by atoms with Gasteiger partial charge in [0.25, 0.3) is 0 Å². The van der Waals surface area contributed by atoms with Crippen LogP contribution in [0.1, 0.15) is 19.4 Å². The summed E-state index contributed by atoms with van der Waals surface area (Å²) in [5, 5.41) is 0. The molecule has 0 aliphatic rings. The van der Waals surface area contributed by atoms with Crippen molar-refractivity contribution in [3.8, 4) is 0 Å². The number of benzene rings is 1. The molecule has 0 spiro atoms. The molecule has 0 heterocycles. The number of nitrogens with two attached hydrogens (primary N) is 1. The summed E-state index contributed by atoms with van der Waals surface area (Å²) in [4.78, 5) is 0.712. The predicted octanol–water partition coefficient (Wildman–Crippen LogP) is 2.36. The number of ether oxygens (including phenoxy) is 1. The van der Waals surface area contributed by atoms with Gasteiger partial charge in [-0.1, -0.05) is 19.9 Å². The molecule has 0 aliphatic heterocycles. The van der Waals surface area contributed by atoms with Crippen molar-refractivity contribution in [1.29, 1.82) is 0 Å². The number of anilines is 1. The van der Waals surface area contributed by atoms with Crippen molar-refractivity contribution >= 4 is 16.5 Å². The van der Waals surface area contributed by atoms with Gasteiger partial charge in [-0.15, -0.1) is 0 Å². The normalized spacial score (nSPS) is 12.9. The maximum atomic E-state index is 12.0. The van der Waals surface area contributed by atoms with E-state index in [-0.39, 0.29) is 0 Å². The lowest BCUT2D eigenvalue weighted by molar-refractivity contribution is 0.123. The Balaban J connectivity index is 2.47. The lowest BCUT2D eigenvalue weighted by Crippen LogP contribution is -2.11. The molecule has 4 heteroatoms. The van der Waals surface area contributed by atoms with Crippen LogP contribution in [0.2, 0.25) is 0 Å². The average molecular weight is 255 g/mol. The van der Waals surface area contributed by atoms with Crippen LogP contribution in [-0.2, 0) is 15.5 Å². The van der Waals surface area contributed by atoms with E-state index in [4.69, 9.17) is 10.5 Å². The second kappa shape index (κ2) is 6.77. The first-order chi connectivity index (χ1) is 8.00. The highest BCUT2D eigenvalue weighted by Gasteiger charge is 2.08. The van der Waals surface area contributed by atoms with Gasteiger partial charge in [0, 0.05) is 12.3 Å². The number of hydrogen-bond donors (Lipinski definition) is 1. The number of rotatable bonds is 6. The zero-order chi connectivity index (χ0) is 12.8. The fraction of sp³-hybridized carbons (Fsp3) is 0.538. The van der Waals surface area contributed by atoms with Gasteiger partial charge in [-0.2, -0.15) is 0 Å². The van der Waals surface area contributed by atoms with Crippen molar-refractivity contribution in [2.24, 2.45) is 5.92 Å². The molecule has 17 heavy (non-hydrogen) atoms. The summed E-state index contributed by atoms with van der Waals surface area (Å²) in [6.07, 6.45) is 0. The van der Waals surface area contributed by atoms with E-state index in [9.17, 15) is 4.21 Å². The van der Waals surface area contributed by atoms with E-state index < -0.39 is 10.8 Å². The van der Waals surface area contributed by atoms with Gasteiger partial charge in [0.1, 0.15) is 0 Å². The molecular formula is C13H21NO2S. The van der Waals surface area contributed by atoms with Crippen molar-refractivity contribution in [1.82, 2.24) is 0 Å². The zero-order valence-electron chi connectivity index (χ0n) is 10.7. The highest BCUT2D eigenvalue weighted by atomic mass is 32.2. The van der Waals surface area contributed by atoms with Crippen LogP contribution in [0.5, 0.6) is 0 Å². The zero-order valence-corrected chi connectivity index (χ0v) is 11.5. The van der Waals surface area contributed by atoms with Crippen LogP contribution < -0.4 is 5.73 Å². The molecule has 1 atom stereocenters. The second-order valence-electron chi connectivity index (χ2n) is 4.56. The fourth-order valence-corrected chi connectivity index (χ4v) is 2.47. The van der Waals surface area contributed by atoms with E-state index in [1.807, 2.05) is 25.1 Å². The van der Waals surface area contributed by atoms with Gasteiger partial charge in [-0.05, 0) is 30.5 Å². The van der Waals surface area contributed by atoms with Gasteiger partial charge in [-0.3, -0.25) is 4.21 Å². The molecule has 1 unspecified atom stereocenters. The van der Waals surface area contributed by atoms with Gasteiger partial charge >= 0.3 is 0 Å². The van der Waals surface area contributed by atoms with Gasteiger partial charge in [0.2, 0.25) is 0 Å². The minimum absolute atomic E-state index is 0.500. The fourth-order valence-electron chi connectivity index (χ4n) is 1.44. The van der Waals surface area contributed by atoms with Crippen LogP contribution in [0.25, 0.3) is 0 Å². The molecule has 0 saturated heterocycles. The molecule has 0 saturated carbocycles. The third kappa shape index (κ3) is 4.88. The third-order valence-electron chi connectivity index (χ3n) is 2.27. The summed E-state index contributed by atoms with van der Waals surface area (Å²) >= 11 is 0. The molecule has 1 aromatic rings. The lowest BCUT2D eigenvalue weighted by Gasteiger charge is -2.08. The summed E-state index contributed by atoms with van der Waals surface area (Å²) in [7, 11) is -1.07. The van der Waals surface area contributed by atoms with Gasteiger partial charge in [0.15, 0.2) is 0 Å². The molecule has 0 fully saturated rings. The van der Waals surface area contributed by atoms with E-state index in [0.717, 1.165) is 5.56 Å². The molecule has 0 amide bonds. The first kappa shape index (κ1) is 14.2. The van der Waals surface area contributed by atoms with Crippen LogP contribution in [0, 0.1) is 12.8 Å². The molecule has 1 rings (SSSR count). The van der Waals surface area contributed by atoms with Crippen molar-refractivity contribution in [2.45, 2.75) is 25.7 Å². The van der Waals surface area contributed by atoms with E-state index in [1.54, 1.807) is 0 Å². The van der Waals surface area contributed by atoms with Crippen molar-refractivity contribution < 1.29 is 8.95 Å². The van der Waals surface area contributed by atoms with Crippen LogP contribution in [-0.4, -0.2) is 23.2 Å². The third-order valence-corrected chi connectivity index (χ3v) is 3.67. The summed E-state index contributed by atoms with van der Waals surface area (Å²) in [5.74, 6) is 1.01. The lowest BCUT2D eigenvalue weighted by atomic mass is 10.2. The quantitative estimate of drug-likeness (QED) is 0.627. The monoisotopic (exact) mass is 255 g/mol. The Kier molecular flexibility index (Phi) is 5.65. The molecule has 1 aromatic carbocycles. The molecule has 0 aliphatic carbocycles. The average Bonchev–Trinajstić information content (AvgIpc) is 2.23. The molecule has 0 bridgehead atoms. The maximum Gasteiger partial charge on any atom is 0.0618 e. The highest BCUT2D eigenvalue weighted by molar-refractivity contribution is 7.85. The Morgan fingerprint density at radius 1 is 1.41 bits per heavy atom. The van der Waals surface area contributed by atoms with Crippen LogP contribution >= 0.6 is 0 Å². The minimum Gasteiger partial charge on any atom is -0.398 e. The number of aryl methyl sites for hydroxylation is 1. The molecule has 3 nitrogen and oxygen atoms in total. The highest BCUT2D eigenvalue weighted by Crippen LogP contribution is 2.17. The van der Waals surface area contributed by atoms with Crippen molar-refractivity contribution in [3.63, 3.8) is 0 Å². The number of hydrogen-bond acceptors (Lipinski definition) is 3. The Morgan fingerprint density at radius 3 is 2.71 bits per heavy atom. The number of nitrogen functional groups attached to an aromatic ring is 1. The van der Waals surface area contributed by atoms with Crippen LogP contribution in [0.3, 0.4) is 0 Å². The van der Waals surface area contributed by atoms with Gasteiger partial charge < -0.3 is 10.5 Å². The van der Waals surface area contributed by atoms with Crippen LogP contribution in [0.15, 0.2) is 23.1 Å². The first-order valence-corrected chi connectivity index (χ1v) is 7.15. The van der Waals surface area contributed by atoms with Gasteiger partial charge in [-0.25, -0.2) is 0 Å². The van der Waals surface area contributed by atoms with Gasteiger partial charge in [0.05, 0.1) is 28.1 Å². The molecule has 96 valence electrons. The Labute approximate surface area is 106 Å². The van der Waals surface area contributed by atoms with E-state index >= 15 is 0 Å². The maximum absolute atomic E-state index is 12.0. The molecule has 2 N–H and O–H groups in total. The summed E-state index contributed by atoms with van der Waals surface area (Å²) < 4.78 is 17.4. The first-order valence-electron chi connectivity index (χ1n) is 5.83. The van der Waals surface area contributed by atoms with E-state index in [2.05, 4.69) is 13.8 Å². The minimum atomic E-state index is -1.07. The molecular weight excluding hydrogens is 234 g/mol. The summed E-state index contributed by atoms with van der Waals surface area (Å²) in [5.41, 5.74) is 7.53. The Bertz CT molecular complexity index is 391. The largest absolute Gasteiger partial charge is 0.398 e. The summed E-state index contributed by atoms with van der Waals surface area (Å²) in [6.45, 7) is 7.37. The second-order valence-corrected chi connectivity index (χ2v) is 6.10. The standard InChI is InChI=1S/C13H21NO2S/c1-10(2)9-16-6-7-17(15)13-5-4-11(3)8-12(13)14/h4-5,8,10H,6-7,9,14H2,1-3H3. The Morgan fingerprint density at radius 2 is 2.12 bits per heavy atom. The van der Waals surface area contributed by atoms with Crippen molar-refractivity contribution in [3.05, 3.63) is 23.8 Å².